The maximum absolute atomic E-state index is 12.1. The summed E-state index contributed by atoms with van der Waals surface area (Å²) in [5, 5.41) is 12.8. The highest BCUT2D eigenvalue weighted by atomic mass is 32.1. The van der Waals surface area contributed by atoms with Crippen molar-refractivity contribution in [2.24, 2.45) is 0 Å². The highest BCUT2D eigenvalue weighted by molar-refractivity contribution is 7.96. The minimum Gasteiger partial charge on any atom is -0.442 e. The highest BCUT2D eigenvalue weighted by Crippen LogP contribution is 2.24. The van der Waals surface area contributed by atoms with Crippen LogP contribution in [0.4, 0.5) is 27.0 Å². The lowest BCUT2D eigenvalue weighted by atomic mass is 10.2. The normalized spacial score (nSPS) is 19.2. The fourth-order valence-electron chi connectivity index (χ4n) is 3.67. The number of hydrogen-bond donors (Lipinski definition) is 2. The van der Waals surface area contributed by atoms with Gasteiger partial charge >= 0.3 is 12.0 Å². The number of cyclic esters (lactones) is 1. The van der Waals surface area contributed by atoms with Crippen LogP contribution in [0.25, 0.3) is 0 Å². The number of pyridine rings is 1. The van der Waals surface area contributed by atoms with Gasteiger partial charge in [0, 0.05) is 26.2 Å². The molecule has 2 saturated heterocycles. The van der Waals surface area contributed by atoms with Crippen LogP contribution in [-0.2, 0) is 11.3 Å². The lowest BCUT2D eigenvalue weighted by Crippen LogP contribution is -2.46. The molecule has 32 heavy (non-hydrogen) atoms. The van der Waals surface area contributed by atoms with Gasteiger partial charge in [0.25, 0.3) is 5.24 Å². The van der Waals surface area contributed by atoms with Crippen LogP contribution >= 0.6 is 12.6 Å². The van der Waals surface area contributed by atoms with Crippen molar-refractivity contribution in [1.29, 1.82) is 0 Å². The van der Waals surface area contributed by atoms with Crippen LogP contribution in [0.15, 0.2) is 34.9 Å². The summed E-state index contributed by atoms with van der Waals surface area (Å²) in [7, 11) is 0. The summed E-state index contributed by atoms with van der Waals surface area (Å²) in [6.45, 7) is 4.03. The molecule has 170 valence electrons. The molecule has 0 aromatic carbocycles. The van der Waals surface area contributed by atoms with E-state index in [1.807, 2.05) is 12.1 Å². The van der Waals surface area contributed by atoms with Gasteiger partial charge in [0.15, 0.2) is 0 Å². The first kappa shape index (κ1) is 21.9. The standard InChI is InChI=1S/C19H22N6O6S/c26-18(32)21-10-15-12-24(19(27)31-15)13-1-3-16(20-9-13)23-7-5-22(6-8-23)11-14-2-4-17(30-14)25(28)29/h1-4,9,15H,5-8,10-12H2,(H2,21,26,32). The zero-order valence-corrected chi connectivity index (χ0v) is 17.9. The van der Waals surface area contributed by atoms with Gasteiger partial charge in [-0.2, -0.15) is 0 Å². The molecule has 2 amide bonds. The Morgan fingerprint density at radius 1 is 1.25 bits per heavy atom. The first-order chi connectivity index (χ1) is 15.4. The van der Waals surface area contributed by atoms with Crippen molar-refractivity contribution in [1.82, 2.24) is 15.2 Å². The first-order valence-corrected chi connectivity index (χ1v) is 10.4. The van der Waals surface area contributed by atoms with E-state index in [4.69, 9.17) is 9.15 Å². The van der Waals surface area contributed by atoms with Crippen LogP contribution in [0.2, 0.25) is 0 Å². The van der Waals surface area contributed by atoms with Gasteiger partial charge in [0.1, 0.15) is 22.6 Å². The first-order valence-electron chi connectivity index (χ1n) is 10.0. The quantitative estimate of drug-likeness (QED) is 0.359. The van der Waals surface area contributed by atoms with E-state index in [1.165, 1.54) is 11.0 Å². The predicted octanol–water partition coefficient (Wildman–Crippen LogP) is 1.87. The number of piperazine rings is 1. The zero-order chi connectivity index (χ0) is 22.7. The lowest BCUT2D eigenvalue weighted by molar-refractivity contribution is -0.402. The number of nitro groups is 1. The van der Waals surface area contributed by atoms with Crippen LogP contribution in [0.3, 0.4) is 0 Å². The molecule has 1 N–H and O–H groups in total. The van der Waals surface area contributed by atoms with Crippen LogP contribution in [-0.4, -0.2) is 71.5 Å². The Morgan fingerprint density at radius 3 is 2.66 bits per heavy atom. The fourth-order valence-corrected chi connectivity index (χ4v) is 3.76. The van der Waals surface area contributed by atoms with E-state index in [1.54, 1.807) is 12.3 Å². The van der Waals surface area contributed by atoms with Crippen LogP contribution in [0.5, 0.6) is 0 Å². The Labute approximate surface area is 188 Å². The molecule has 0 spiro atoms. The fraction of sp³-hybridized carbons (Fsp3) is 0.421. The van der Waals surface area contributed by atoms with E-state index in [-0.39, 0.29) is 12.4 Å². The second-order valence-electron chi connectivity index (χ2n) is 7.44. The summed E-state index contributed by atoms with van der Waals surface area (Å²) >= 11 is 3.63. The smallest absolute Gasteiger partial charge is 0.433 e. The summed E-state index contributed by atoms with van der Waals surface area (Å²) in [5.41, 5.74) is 0.622. The predicted molar refractivity (Wildman–Crippen MR) is 117 cm³/mol. The number of thiol groups is 1. The molecule has 0 aliphatic carbocycles. The second kappa shape index (κ2) is 9.44. The van der Waals surface area contributed by atoms with E-state index in [2.05, 4.69) is 32.7 Å². The number of amides is 2. The van der Waals surface area contributed by atoms with Gasteiger partial charge in [-0.05, 0) is 18.2 Å². The number of aromatic nitrogens is 1. The molecule has 4 rings (SSSR count). The maximum Gasteiger partial charge on any atom is 0.433 e. The molecule has 0 saturated carbocycles. The van der Waals surface area contributed by atoms with Gasteiger partial charge in [-0.25, -0.2) is 9.78 Å². The molecular weight excluding hydrogens is 440 g/mol. The van der Waals surface area contributed by atoms with Crippen molar-refractivity contribution in [3.63, 3.8) is 0 Å². The van der Waals surface area contributed by atoms with E-state index in [9.17, 15) is 19.7 Å². The highest BCUT2D eigenvalue weighted by Gasteiger charge is 2.32. The number of furan rings is 1. The number of ether oxygens (including phenoxy) is 1. The molecule has 13 heteroatoms. The maximum atomic E-state index is 12.1. The molecule has 0 radical (unpaired) electrons. The number of carbonyl (C=O) groups is 2. The van der Waals surface area contributed by atoms with Gasteiger partial charge in [0.2, 0.25) is 0 Å². The Kier molecular flexibility index (Phi) is 6.46. The average molecular weight is 462 g/mol. The number of anilines is 2. The monoisotopic (exact) mass is 462 g/mol. The van der Waals surface area contributed by atoms with Gasteiger partial charge in [-0.15, -0.1) is 0 Å². The van der Waals surface area contributed by atoms with E-state index in [0.717, 1.165) is 32.0 Å². The van der Waals surface area contributed by atoms with E-state index < -0.39 is 22.4 Å². The lowest BCUT2D eigenvalue weighted by Gasteiger charge is -2.35. The van der Waals surface area contributed by atoms with Crippen molar-refractivity contribution >= 4 is 41.4 Å². The van der Waals surface area contributed by atoms with Crippen molar-refractivity contribution in [3.8, 4) is 0 Å². The number of hydrogen-bond acceptors (Lipinski definition) is 9. The Bertz CT molecular complexity index is 990. The molecular formula is C19H22N6O6S. The minimum absolute atomic E-state index is 0.200. The average Bonchev–Trinajstić information content (AvgIpc) is 3.40. The van der Waals surface area contributed by atoms with Crippen molar-refractivity contribution in [3.05, 3.63) is 46.3 Å². The van der Waals surface area contributed by atoms with Crippen LogP contribution in [0.1, 0.15) is 5.76 Å². The summed E-state index contributed by atoms with van der Waals surface area (Å²) in [6.07, 6.45) is 0.705. The molecule has 2 aromatic heterocycles. The van der Waals surface area contributed by atoms with Crippen molar-refractivity contribution < 1.29 is 23.7 Å². The molecule has 0 bridgehead atoms. The number of nitrogens with one attached hydrogen (secondary N) is 1. The molecule has 2 aliphatic heterocycles. The number of nitrogens with zero attached hydrogens (tertiary/aromatic N) is 5. The van der Waals surface area contributed by atoms with E-state index >= 15 is 0 Å². The van der Waals surface area contributed by atoms with Gasteiger partial charge in [-0.1, -0.05) is 12.6 Å². The number of rotatable bonds is 7. The third-order valence-electron chi connectivity index (χ3n) is 5.30. The molecule has 4 heterocycles. The van der Waals surface area contributed by atoms with Crippen LogP contribution in [0, 0.1) is 10.1 Å². The molecule has 2 fully saturated rings. The van der Waals surface area contributed by atoms with Crippen molar-refractivity contribution in [2.45, 2.75) is 12.6 Å². The SMILES string of the molecule is O=C(S)NCC1CN(c2ccc(N3CCN(Cc4ccc([N+](=O)[O-])o4)CC3)nc2)C(=O)O1. The van der Waals surface area contributed by atoms with Gasteiger partial charge in [-0.3, -0.25) is 24.7 Å². The minimum atomic E-state index is -0.543. The van der Waals surface area contributed by atoms with Gasteiger partial charge < -0.3 is 19.4 Å². The van der Waals surface area contributed by atoms with E-state index in [0.29, 0.717) is 24.5 Å². The zero-order valence-electron chi connectivity index (χ0n) is 17.0. The summed E-state index contributed by atoms with van der Waals surface area (Å²) in [4.78, 5) is 43.5. The molecule has 2 aliphatic rings. The summed E-state index contributed by atoms with van der Waals surface area (Å²) in [5.74, 6) is 1.12. The third kappa shape index (κ3) is 5.11. The second-order valence-corrected chi connectivity index (χ2v) is 7.84. The largest absolute Gasteiger partial charge is 0.442 e. The Balaban J connectivity index is 1.29. The topological polar surface area (TPSA) is 134 Å². The molecule has 12 nitrogen and oxygen atoms in total. The molecule has 2 aromatic rings. The van der Waals surface area contributed by atoms with Gasteiger partial charge in [0.05, 0.1) is 37.6 Å². The molecule has 1 atom stereocenters. The Hall–Kier alpha value is -3.32. The van der Waals surface area contributed by atoms with Crippen molar-refractivity contribution in [2.75, 3.05) is 49.1 Å². The summed E-state index contributed by atoms with van der Waals surface area (Å²) in [6, 6.07) is 6.67. The number of carbonyl (C=O) groups excluding carboxylic acids is 2. The summed E-state index contributed by atoms with van der Waals surface area (Å²) < 4.78 is 10.5. The Morgan fingerprint density at radius 2 is 2.03 bits per heavy atom. The molecule has 1 unspecified atom stereocenters. The third-order valence-corrected chi connectivity index (χ3v) is 5.46. The van der Waals surface area contributed by atoms with Crippen LogP contribution < -0.4 is 15.1 Å².